The van der Waals surface area contributed by atoms with E-state index in [1.807, 2.05) is 35.9 Å². The first-order valence-electron chi connectivity index (χ1n) is 7.00. The number of carboxylic acids is 1. The van der Waals surface area contributed by atoms with Gasteiger partial charge in [0.05, 0.1) is 17.6 Å². The van der Waals surface area contributed by atoms with Crippen molar-refractivity contribution in [2.24, 2.45) is 7.05 Å². The molecular formula is C15H21N3O2. The highest BCUT2D eigenvalue weighted by molar-refractivity contribution is 5.76. The van der Waals surface area contributed by atoms with Crippen molar-refractivity contribution in [1.82, 2.24) is 14.9 Å². The molecule has 0 spiro atoms. The third-order valence-corrected chi connectivity index (χ3v) is 3.53. The highest BCUT2D eigenvalue weighted by Gasteiger charge is 2.17. The van der Waals surface area contributed by atoms with Gasteiger partial charge < -0.3 is 9.67 Å². The number of nitrogens with zero attached hydrogens (tertiary/aromatic N) is 2. The Morgan fingerprint density at radius 3 is 2.85 bits per heavy atom. The largest absolute Gasteiger partial charge is 0.480 e. The van der Waals surface area contributed by atoms with E-state index in [-0.39, 0.29) is 0 Å². The van der Waals surface area contributed by atoms with E-state index in [1.165, 1.54) is 0 Å². The maximum atomic E-state index is 11.2. The van der Waals surface area contributed by atoms with Crippen molar-refractivity contribution in [3.63, 3.8) is 0 Å². The standard InChI is InChI=1S/C15H21N3O2/c1-3-4-7-12(15(19)20)16-10-14-17-11-8-5-6-9-13(11)18(14)2/h5-6,8-9,12,16H,3-4,7,10H2,1-2H3,(H,19,20)/t12-/m0/s1. The molecule has 2 rings (SSSR count). The molecule has 0 saturated carbocycles. The number of aryl methyl sites for hydroxylation is 1. The Bertz CT molecular complexity index is 592. The van der Waals surface area contributed by atoms with Crippen LogP contribution in [0.3, 0.4) is 0 Å². The zero-order chi connectivity index (χ0) is 14.5. The van der Waals surface area contributed by atoms with E-state index >= 15 is 0 Å². The van der Waals surface area contributed by atoms with E-state index in [2.05, 4.69) is 17.2 Å². The summed E-state index contributed by atoms with van der Waals surface area (Å²) in [7, 11) is 1.95. The second kappa shape index (κ2) is 6.52. The Morgan fingerprint density at radius 2 is 2.20 bits per heavy atom. The van der Waals surface area contributed by atoms with Crippen LogP contribution in [-0.4, -0.2) is 26.7 Å². The van der Waals surface area contributed by atoms with Crippen molar-refractivity contribution in [2.45, 2.75) is 38.8 Å². The van der Waals surface area contributed by atoms with E-state index in [1.54, 1.807) is 0 Å². The molecule has 0 aliphatic heterocycles. The van der Waals surface area contributed by atoms with E-state index in [0.717, 1.165) is 29.7 Å². The van der Waals surface area contributed by atoms with Gasteiger partial charge in [0, 0.05) is 7.05 Å². The van der Waals surface area contributed by atoms with Gasteiger partial charge in [-0.15, -0.1) is 0 Å². The van der Waals surface area contributed by atoms with E-state index in [4.69, 9.17) is 0 Å². The molecule has 0 amide bonds. The average Bonchev–Trinajstić information content (AvgIpc) is 2.76. The van der Waals surface area contributed by atoms with Gasteiger partial charge in [0.25, 0.3) is 0 Å². The van der Waals surface area contributed by atoms with Crippen molar-refractivity contribution in [3.8, 4) is 0 Å². The first kappa shape index (κ1) is 14.5. The summed E-state index contributed by atoms with van der Waals surface area (Å²) in [6.07, 6.45) is 2.56. The molecule has 0 bridgehead atoms. The highest BCUT2D eigenvalue weighted by Crippen LogP contribution is 2.14. The fourth-order valence-electron chi connectivity index (χ4n) is 2.29. The zero-order valence-electron chi connectivity index (χ0n) is 12.0. The summed E-state index contributed by atoms with van der Waals surface area (Å²) < 4.78 is 2.00. The third kappa shape index (κ3) is 3.17. The summed E-state index contributed by atoms with van der Waals surface area (Å²) in [5, 5.41) is 12.3. The molecule has 0 aliphatic rings. The highest BCUT2D eigenvalue weighted by atomic mass is 16.4. The second-order valence-electron chi connectivity index (χ2n) is 4.99. The molecule has 5 heteroatoms. The molecule has 1 atom stereocenters. The second-order valence-corrected chi connectivity index (χ2v) is 4.99. The quantitative estimate of drug-likeness (QED) is 0.813. The third-order valence-electron chi connectivity index (χ3n) is 3.53. The fraction of sp³-hybridized carbons (Fsp3) is 0.467. The Labute approximate surface area is 118 Å². The number of aromatic nitrogens is 2. The molecule has 108 valence electrons. The van der Waals surface area contributed by atoms with Gasteiger partial charge in [-0.1, -0.05) is 31.9 Å². The fourth-order valence-corrected chi connectivity index (χ4v) is 2.29. The molecule has 0 unspecified atom stereocenters. The van der Waals surface area contributed by atoms with Crippen molar-refractivity contribution in [2.75, 3.05) is 0 Å². The van der Waals surface area contributed by atoms with E-state index < -0.39 is 12.0 Å². The number of rotatable bonds is 7. The number of benzene rings is 1. The maximum Gasteiger partial charge on any atom is 0.320 e. The smallest absolute Gasteiger partial charge is 0.320 e. The van der Waals surface area contributed by atoms with Crippen molar-refractivity contribution in [3.05, 3.63) is 30.1 Å². The number of nitrogens with one attached hydrogen (secondary N) is 1. The van der Waals surface area contributed by atoms with Crippen LogP contribution >= 0.6 is 0 Å². The molecule has 2 aromatic rings. The van der Waals surface area contributed by atoms with Crippen LogP contribution in [-0.2, 0) is 18.4 Å². The van der Waals surface area contributed by atoms with Crippen LogP contribution in [0.1, 0.15) is 32.0 Å². The number of carboxylic acid groups (broad SMARTS) is 1. The van der Waals surface area contributed by atoms with Gasteiger partial charge in [-0.25, -0.2) is 4.98 Å². The maximum absolute atomic E-state index is 11.2. The SMILES string of the molecule is CCCC[C@H](NCc1nc2ccccc2n1C)C(=O)O. The van der Waals surface area contributed by atoms with Gasteiger partial charge in [-0.2, -0.15) is 0 Å². The number of para-hydroxylation sites is 2. The molecule has 0 saturated heterocycles. The van der Waals surface area contributed by atoms with Crippen LogP contribution in [0.15, 0.2) is 24.3 Å². The lowest BCUT2D eigenvalue weighted by Gasteiger charge is -2.13. The van der Waals surface area contributed by atoms with E-state index in [9.17, 15) is 9.90 Å². The minimum atomic E-state index is -0.794. The molecule has 1 aromatic carbocycles. The van der Waals surface area contributed by atoms with Gasteiger partial charge in [0.2, 0.25) is 0 Å². The average molecular weight is 275 g/mol. The number of fused-ring (bicyclic) bond motifs is 1. The van der Waals surface area contributed by atoms with Crippen LogP contribution in [0.2, 0.25) is 0 Å². The molecule has 1 aromatic heterocycles. The summed E-state index contributed by atoms with van der Waals surface area (Å²) in [5.74, 6) is 0.0613. The van der Waals surface area contributed by atoms with Gasteiger partial charge >= 0.3 is 5.97 Å². The number of hydrogen-bond acceptors (Lipinski definition) is 3. The Morgan fingerprint density at radius 1 is 1.45 bits per heavy atom. The van der Waals surface area contributed by atoms with Crippen LogP contribution < -0.4 is 5.32 Å². The molecule has 1 heterocycles. The molecule has 5 nitrogen and oxygen atoms in total. The predicted octanol–water partition coefficient (Wildman–Crippen LogP) is 2.31. The van der Waals surface area contributed by atoms with Gasteiger partial charge in [-0.3, -0.25) is 10.1 Å². The monoisotopic (exact) mass is 275 g/mol. The Kier molecular flexibility index (Phi) is 4.74. The molecule has 2 N–H and O–H groups in total. The van der Waals surface area contributed by atoms with Crippen LogP contribution in [0.25, 0.3) is 11.0 Å². The van der Waals surface area contributed by atoms with Crippen molar-refractivity contribution >= 4 is 17.0 Å². The molecular weight excluding hydrogens is 254 g/mol. The summed E-state index contributed by atoms with van der Waals surface area (Å²) in [6, 6.07) is 7.40. The minimum Gasteiger partial charge on any atom is -0.480 e. The van der Waals surface area contributed by atoms with Crippen LogP contribution in [0.4, 0.5) is 0 Å². The Hall–Kier alpha value is -1.88. The summed E-state index contributed by atoms with van der Waals surface area (Å²) in [5.41, 5.74) is 2.00. The number of hydrogen-bond donors (Lipinski definition) is 2. The normalized spacial score (nSPS) is 12.7. The zero-order valence-corrected chi connectivity index (χ0v) is 12.0. The van der Waals surface area contributed by atoms with Gasteiger partial charge in [0.1, 0.15) is 11.9 Å². The summed E-state index contributed by atoms with van der Waals surface area (Å²) in [4.78, 5) is 15.7. The first-order chi connectivity index (χ1) is 9.63. The molecule has 0 radical (unpaired) electrons. The van der Waals surface area contributed by atoms with Crippen LogP contribution in [0.5, 0.6) is 0 Å². The summed E-state index contributed by atoms with van der Waals surface area (Å²) in [6.45, 7) is 2.52. The minimum absolute atomic E-state index is 0.464. The molecule has 0 aliphatic carbocycles. The predicted molar refractivity (Wildman–Crippen MR) is 78.5 cm³/mol. The lowest BCUT2D eigenvalue weighted by molar-refractivity contribution is -0.139. The van der Waals surface area contributed by atoms with Crippen molar-refractivity contribution < 1.29 is 9.90 Å². The van der Waals surface area contributed by atoms with Gasteiger partial charge in [0.15, 0.2) is 0 Å². The van der Waals surface area contributed by atoms with Crippen LogP contribution in [0, 0.1) is 0 Å². The number of imidazole rings is 1. The van der Waals surface area contributed by atoms with Crippen molar-refractivity contribution in [1.29, 1.82) is 0 Å². The lowest BCUT2D eigenvalue weighted by Crippen LogP contribution is -2.36. The summed E-state index contributed by atoms with van der Waals surface area (Å²) >= 11 is 0. The number of aliphatic carboxylic acids is 1. The number of unbranched alkanes of at least 4 members (excludes halogenated alkanes) is 1. The van der Waals surface area contributed by atoms with Gasteiger partial charge in [-0.05, 0) is 18.6 Å². The molecule has 20 heavy (non-hydrogen) atoms. The number of carbonyl (C=O) groups is 1. The first-order valence-corrected chi connectivity index (χ1v) is 7.00. The lowest BCUT2D eigenvalue weighted by atomic mass is 10.1. The Balaban J connectivity index is 2.07. The van der Waals surface area contributed by atoms with E-state index in [0.29, 0.717) is 13.0 Å². The topological polar surface area (TPSA) is 67.2 Å². The molecule has 0 fully saturated rings.